The fourth-order valence-corrected chi connectivity index (χ4v) is 5.03. The van der Waals surface area contributed by atoms with E-state index in [4.69, 9.17) is 0 Å². The van der Waals surface area contributed by atoms with Gasteiger partial charge in [-0.15, -0.1) is 0 Å². The van der Waals surface area contributed by atoms with Crippen LogP contribution in [0.25, 0.3) is 0 Å². The first-order valence-corrected chi connectivity index (χ1v) is 13.1. The monoisotopic (exact) mass is 530 g/mol. The fraction of sp³-hybridized carbons (Fsp3) is 0.417. The molecule has 0 radical (unpaired) electrons. The molecule has 1 saturated carbocycles. The van der Waals surface area contributed by atoms with Gasteiger partial charge in [0.1, 0.15) is 18.0 Å². The predicted octanol–water partition coefficient (Wildman–Crippen LogP) is 4.07. The number of hydrogen-bond donors (Lipinski definition) is 1. The maximum atomic E-state index is 14.6. The highest BCUT2D eigenvalue weighted by atomic mass is 32.2. The third kappa shape index (κ3) is 5.53. The maximum absolute atomic E-state index is 14.6. The lowest BCUT2D eigenvalue weighted by Crippen LogP contribution is -2.47. The molecule has 194 valence electrons. The molecule has 2 aromatic carbocycles. The van der Waals surface area contributed by atoms with Gasteiger partial charge in [-0.3, -0.25) is 9.59 Å². The summed E-state index contributed by atoms with van der Waals surface area (Å²) in [6.07, 6.45) is -4.38. The highest BCUT2D eigenvalue weighted by Gasteiger charge is 2.43. The van der Waals surface area contributed by atoms with Crippen molar-refractivity contribution >= 4 is 21.7 Å². The van der Waals surface area contributed by atoms with Gasteiger partial charge in [-0.25, -0.2) is 17.2 Å². The minimum absolute atomic E-state index is 0.0441. The number of nitrogens with one attached hydrogen (secondary N) is 1. The number of alkyl halides is 4. The molecule has 2 aromatic rings. The minimum Gasteiger partial charge on any atom is -0.347 e. The van der Waals surface area contributed by atoms with E-state index in [1.807, 2.05) is 0 Å². The van der Waals surface area contributed by atoms with E-state index in [1.54, 1.807) is 0 Å². The summed E-state index contributed by atoms with van der Waals surface area (Å²) in [5, 5.41) is 2.61. The van der Waals surface area contributed by atoms with Gasteiger partial charge in [-0.2, -0.15) is 13.2 Å². The Morgan fingerprint density at radius 3 is 2.39 bits per heavy atom. The van der Waals surface area contributed by atoms with Crippen LogP contribution in [0.5, 0.6) is 0 Å². The van der Waals surface area contributed by atoms with Gasteiger partial charge in [0, 0.05) is 23.8 Å². The molecule has 0 bridgehead atoms. The quantitative estimate of drug-likeness (QED) is 0.571. The van der Waals surface area contributed by atoms with Gasteiger partial charge < -0.3 is 10.2 Å². The average Bonchev–Trinajstić information content (AvgIpc) is 3.56. The second kappa shape index (κ2) is 9.45. The van der Waals surface area contributed by atoms with E-state index < -0.39 is 64.0 Å². The Kier molecular flexibility index (Phi) is 6.84. The number of carbonyl (C=O) groups is 2. The molecule has 2 aliphatic rings. The molecule has 1 aliphatic carbocycles. The Hall–Kier alpha value is -3.02. The van der Waals surface area contributed by atoms with E-state index in [9.17, 15) is 40.0 Å². The number of benzene rings is 2. The number of carbonyl (C=O) groups excluding carboxylic acids is 2. The Bertz CT molecular complexity index is 1290. The van der Waals surface area contributed by atoms with Crippen LogP contribution in [-0.4, -0.2) is 50.1 Å². The van der Waals surface area contributed by atoms with Crippen molar-refractivity contribution in [2.45, 2.75) is 48.6 Å². The van der Waals surface area contributed by atoms with Crippen LogP contribution < -0.4 is 5.32 Å². The number of sulfone groups is 1. The molecule has 0 spiro atoms. The Morgan fingerprint density at radius 2 is 1.81 bits per heavy atom. The fourth-order valence-electron chi connectivity index (χ4n) is 4.37. The molecular weight excluding hydrogens is 507 g/mol. The Balaban J connectivity index is 1.57. The summed E-state index contributed by atoms with van der Waals surface area (Å²) in [4.78, 5) is 27.1. The zero-order valence-electron chi connectivity index (χ0n) is 19.1. The molecule has 1 saturated heterocycles. The molecule has 2 amide bonds. The first-order valence-electron chi connectivity index (χ1n) is 11.2. The molecule has 2 fully saturated rings. The normalized spacial score (nSPS) is 21.3. The number of hydrogen-bond acceptors (Lipinski definition) is 4. The summed E-state index contributed by atoms with van der Waals surface area (Å²) >= 11 is 0. The van der Waals surface area contributed by atoms with Gasteiger partial charge in [0.2, 0.25) is 5.91 Å². The van der Waals surface area contributed by atoms with Crippen LogP contribution in [0.15, 0.2) is 47.4 Å². The molecular formula is C24H23F5N2O4S. The van der Waals surface area contributed by atoms with Crippen LogP contribution in [0, 0.1) is 11.7 Å². The first kappa shape index (κ1) is 26.1. The summed E-state index contributed by atoms with van der Waals surface area (Å²) < 4.78 is 91.5. The molecule has 6 nitrogen and oxygen atoms in total. The van der Waals surface area contributed by atoms with Gasteiger partial charge in [-0.1, -0.05) is 12.1 Å². The lowest BCUT2D eigenvalue weighted by atomic mass is 9.99. The standard InChI is InChI=1S/C24H23F5N2O4S/c1-36(34,35)17-4-2-3-14(9-17)23(33)31-12-16(25)11-20(31)22(32)30-21(13-5-6-13)18-8-7-15(10-19(18)26)24(27,28)29/h2-4,7-10,13,16,20-21H,5-6,11-12H2,1H3,(H,30,32)/t16-,20+,21+/m0/s1. The zero-order valence-corrected chi connectivity index (χ0v) is 19.9. The van der Waals surface area contributed by atoms with Crippen molar-refractivity contribution in [3.05, 3.63) is 65.0 Å². The van der Waals surface area contributed by atoms with Gasteiger partial charge in [0.25, 0.3) is 5.91 Å². The van der Waals surface area contributed by atoms with Crippen molar-refractivity contribution in [2.24, 2.45) is 5.92 Å². The summed E-state index contributed by atoms with van der Waals surface area (Å²) in [5.41, 5.74) is -1.32. The maximum Gasteiger partial charge on any atom is 0.416 e. The van der Waals surface area contributed by atoms with Crippen molar-refractivity contribution < 1.29 is 40.0 Å². The third-order valence-electron chi connectivity index (χ3n) is 6.38. The molecule has 0 unspecified atom stereocenters. The molecule has 1 N–H and O–H groups in total. The number of rotatable bonds is 6. The van der Waals surface area contributed by atoms with Gasteiger partial charge in [0.15, 0.2) is 9.84 Å². The van der Waals surface area contributed by atoms with E-state index in [-0.39, 0.29) is 28.4 Å². The van der Waals surface area contributed by atoms with Gasteiger partial charge >= 0.3 is 6.18 Å². The highest BCUT2D eigenvalue weighted by molar-refractivity contribution is 7.90. The lowest BCUT2D eigenvalue weighted by molar-refractivity contribution is -0.137. The second-order valence-electron chi connectivity index (χ2n) is 9.16. The molecule has 4 rings (SSSR count). The van der Waals surface area contributed by atoms with E-state index in [2.05, 4.69) is 5.32 Å². The first-order chi connectivity index (χ1) is 16.8. The van der Waals surface area contributed by atoms with Crippen molar-refractivity contribution in [2.75, 3.05) is 12.8 Å². The van der Waals surface area contributed by atoms with Crippen LogP contribution >= 0.6 is 0 Å². The Labute approximate surface area is 204 Å². The van der Waals surface area contributed by atoms with E-state index in [0.29, 0.717) is 18.9 Å². The Morgan fingerprint density at radius 1 is 1.11 bits per heavy atom. The third-order valence-corrected chi connectivity index (χ3v) is 7.49. The predicted molar refractivity (Wildman–Crippen MR) is 119 cm³/mol. The summed E-state index contributed by atoms with van der Waals surface area (Å²) in [6.45, 7) is -0.400. The van der Waals surface area contributed by atoms with E-state index >= 15 is 0 Å². The van der Waals surface area contributed by atoms with E-state index in [0.717, 1.165) is 29.4 Å². The van der Waals surface area contributed by atoms with Crippen molar-refractivity contribution in [1.29, 1.82) is 0 Å². The number of amides is 2. The number of likely N-dealkylation sites (tertiary alicyclic amines) is 1. The van der Waals surface area contributed by atoms with Crippen molar-refractivity contribution in [1.82, 2.24) is 10.2 Å². The SMILES string of the molecule is CS(=O)(=O)c1cccc(C(=O)N2C[C@@H](F)C[C@@H]2C(=O)N[C@@H](c2ccc(C(F)(F)F)cc2F)C2CC2)c1. The molecule has 0 aromatic heterocycles. The van der Waals surface area contributed by atoms with Crippen LogP contribution in [0.1, 0.15) is 46.8 Å². The largest absolute Gasteiger partial charge is 0.416 e. The minimum atomic E-state index is -4.73. The van der Waals surface area contributed by atoms with Crippen LogP contribution in [0.4, 0.5) is 22.0 Å². The zero-order chi connectivity index (χ0) is 26.4. The molecule has 3 atom stereocenters. The van der Waals surface area contributed by atoms with Crippen LogP contribution in [-0.2, 0) is 20.8 Å². The average molecular weight is 531 g/mol. The molecule has 1 heterocycles. The molecule has 12 heteroatoms. The van der Waals surface area contributed by atoms with Crippen molar-refractivity contribution in [3.8, 4) is 0 Å². The number of halogens is 5. The lowest BCUT2D eigenvalue weighted by Gasteiger charge is -2.27. The van der Waals surface area contributed by atoms with Crippen molar-refractivity contribution in [3.63, 3.8) is 0 Å². The number of nitrogens with zero attached hydrogens (tertiary/aromatic N) is 1. The van der Waals surface area contributed by atoms with Gasteiger partial charge in [0.05, 0.1) is 23.0 Å². The highest BCUT2D eigenvalue weighted by Crippen LogP contribution is 2.43. The van der Waals surface area contributed by atoms with Crippen LogP contribution in [0.2, 0.25) is 0 Å². The summed E-state index contributed by atoms with van der Waals surface area (Å²) in [5.74, 6) is -2.84. The van der Waals surface area contributed by atoms with E-state index in [1.165, 1.54) is 18.2 Å². The molecule has 1 aliphatic heterocycles. The summed E-state index contributed by atoms with van der Waals surface area (Å²) in [7, 11) is -3.62. The summed E-state index contributed by atoms with van der Waals surface area (Å²) in [6, 6.07) is 5.04. The topological polar surface area (TPSA) is 83.6 Å². The molecule has 36 heavy (non-hydrogen) atoms. The van der Waals surface area contributed by atoms with Gasteiger partial charge in [-0.05, 0) is 49.1 Å². The smallest absolute Gasteiger partial charge is 0.347 e. The second-order valence-corrected chi connectivity index (χ2v) is 11.2. The van der Waals surface area contributed by atoms with Crippen LogP contribution in [0.3, 0.4) is 0 Å².